The van der Waals surface area contributed by atoms with Crippen molar-refractivity contribution in [2.75, 3.05) is 20.6 Å². The Balaban J connectivity index is 0.00000240. The van der Waals surface area contributed by atoms with Gasteiger partial charge in [0.15, 0.2) is 0 Å². The van der Waals surface area contributed by atoms with Gasteiger partial charge in [0.05, 0.1) is 0 Å². The average molecular weight is 408 g/mol. The molecule has 0 saturated heterocycles. The highest BCUT2D eigenvalue weighted by Crippen LogP contribution is 2.30. The second-order valence-electron chi connectivity index (χ2n) is 8.11. The van der Waals surface area contributed by atoms with Crippen LogP contribution in [0.1, 0.15) is 23.1 Å². The van der Waals surface area contributed by atoms with Crippen molar-refractivity contribution in [3.05, 3.63) is 89.5 Å². The minimum atomic E-state index is 0. The first-order valence-electron chi connectivity index (χ1n) is 10.2. The van der Waals surface area contributed by atoms with Gasteiger partial charge < -0.3 is 9.64 Å². The maximum Gasteiger partial charge on any atom is 0.120 e. The molecule has 0 bridgehead atoms. The molecule has 29 heavy (non-hydrogen) atoms. The normalized spacial score (nSPS) is 15.5. The molecule has 4 rings (SSSR count). The smallest absolute Gasteiger partial charge is 0.120 e. The van der Waals surface area contributed by atoms with E-state index in [4.69, 9.17) is 4.74 Å². The second kappa shape index (κ2) is 9.96. The second-order valence-corrected chi connectivity index (χ2v) is 8.11. The van der Waals surface area contributed by atoms with Gasteiger partial charge in [-0.1, -0.05) is 60.7 Å². The zero-order valence-corrected chi connectivity index (χ0v) is 18.1. The van der Waals surface area contributed by atoms with E-state index in [1.165, 1.54) is 47.2 Å². The lowest BCUT2D eigenvalue weighted by Gasteiger charge is -2.27. The van der Waals surface area contributed by atoms with E-state index in [0.29, 0.717) is 6.61 Å². The molecule has 1 aliphatic rings. The number of rotatable bonds is 6. The van der Waals surface area contributed by atoms with Gasteiger partial charge >= 0.3 is 0 Å². The third kappa shape index (κ3) is 5.41. The topological polar surface area (TPSA) is 12.5 Å². The number of benzene rings is 3. The standard InChI is InChI=1S/C26H29NO.ClH/c1-27(2)18-20-12-13-23-17-25(15-14-22(23)16-20)28-19-24-10-6-7-11-26(24)21-8-4-3-5-9-21;/h3-11,14-15,17,20H,12-13,16,18-19H2,1-2H3;1H. The molecule has 0 amide bonds. The summed E-state index contributed by atoms with van der Waals surface area (Å²) in [7, 11) is 4.33. The Hall–Kier alpha value is -2.29. The van der Waals surface area contributed by atoms with Gasteiger partial charge in [-0.05, 0) is 79.2 Å². The van der Waals surface area contributed by atoms with Crippen molar-refractivity contribution in [3.63, 3.8) is 0 Å². The first-order chi connectivity index (χ1) is 13.7. The van der Waals surface area contributed by atoms with Crippen LogP contribution in [0.25, 0.3) is 11.1 Å². The van der Waals surface area contributed by atoms with Crippen LogP contribution in [0.5, 0.6) is 5.75 Å². The molecule has 3 aromatic rings. The lowest BCUT2D eigenvalue weighted by molar-refractivity contribution is 0.297. The third-order valence-electron chi connectivity index (χ3n) is 5.63. The highest BCUT2D eigenvalue weighted by atomic mass is 35.5. The van der Waals surface area contributed by atoms with Crippen LogP contribution in [-0.4, -0.2) is 25.5 Å². The molecule has 0 aliphatic heterocycles. The van der Waals surface area contributed by atoms with E-state index in [0.717, 1.165) is 18.1 Å². The third-order valence-corrected chi connectivity index (χ3v) is 5.63. The molecule has 3 aromatic carbocycles. The zero-order chi connectivity index (χ0) is 19.3. The fourth-order valence-corrected chi connectivity index (χ4v) is 4.28. The number of ether oxygens (including phenoxy) is 1. The van der Waals surface area contributed by atoms with E-state index >= 15 is 0 Å². The predicted molar refractivity (Wildman–Crippen MR) is 124 cm³/mol. The molecule has 0 aromatic heterocycles. The maximum absolute atomic E-state index is 6.20. The lowest BCUT2D eigenvalue weighted by atomic mass is 9.83. The van der Waals surface area contributed by atoms with Crippen LogP contribution in [0.15, 0.2) is 72.8 Å². The largest absolute Gasteiger partial charge is 0.489 e. The molecule has 152 valence electrons. The Bertz CT molecular complexity index is 923. The van der Waals surface area contributed by atoms with Gasteiger partial charge in [0.2, 0.25) is 0 Å². The maximum atomic E-state index is 6.20. The molecule has 1 unspecified atom stereocenters. The van der Waals surface area contributed by atoms with E-state index < -0.39 is 0 Å². The van der Waals surface area contributed by atoms with Crippen LogP contribution in [-0.2, 0) is 19.4 Å². The Labute approximate surface area is 180 Å². The average Bonchev–Trinajstić information content (AvgIpc) is 2.72. The molecule has 2 nitrogen and oxygen atoms in total. The molecular formula is C26H30ClNO. The van der Waals surface area contributed by atoms with Gasteiger partial charge in [-0.3, -0.25) is 0 Å². The van der Waals surface area contributed by atoms with Gasteiger partial charge in [-0.2, -0.15) is 0 Å². The number of halogens is 1. The van der Waals surface area contributed by atoms with Gasteiger partial charge in [0.1, 0.15) is 12.4 Å². The van der Waals surface area contributed by atoms with Crippen molar-refractivity contribution in [2.45, 2.75) is 25.9 Å². The summed E-state index contributed by atoms with van der Waals surface area (Å²) in [4.78, 5) is 2.30. The highest BCUT2D eigenvalue weighted by Gasteiger charge is 2.19. The monoisotopic (exact) mass is 407 g/mol. The molecule has 0 radical (unpaired) electrons. The fraction of sp³-hybridized carbons (Fsp3) is 0.308. The Morgan fingerprint density at radius 1 is 0.897 bits per heavy atom. The number of aryl methyl sites for hydroxylation is 1. The van der Waals surface area contributed by atoms with Crippen LogP contribution in [0.4, 0.5) is 0 Å². The van der Waals surface area contributed by atoms with Crippen molar-refractivity contribution in [3.8, 4) is 16.9 Å². The molecule has 0 saturated carbocycles. The first-order valence-corrected chi connectivity index (χ1v) is 10.2. The van der Waals surface area contributed by atoms with Gasteiger partial charge in [-0.25, -0.2) is 0 Å². The summed E-state index contributed by atoms with van der Waals surface area (Å²) < 4.78 is 6.20. The Kier molecular flexibility index (Phi) is 7.35. The molecular weight excluding hydrogens is 378 g/mol. The summed E-state index contributed by atoms with van der Waals surface area (Å²) in [5.74, 6) is 1.75. The highest BCUT2D eigenvalue weighted by molar-refractivity contribution is 5.85. The SMILES string of the molecule is CN(C)CC1CCc2cc(OCc3ccccc3-c3ccccc3)ccc2C1.Cl. The van der Waals surface area contributed by atoms with Gasteiger partial charge in [0.25, 0.3) is 0 Å². The van der Waals surface area contributed by atoms with Crippen molar-refractivity contribution >= 4 is 12.4 Å². The van der Waals surface area contributed by atoms with Crippen LogP contribution in [0.2, 0.25) is 0 Å². The fourth-order valence-electron chi connectivity index (χ4n) is 4.28. The van der Waals surface area contributed by atoms with Crippen molar-refractivity contribution < 1.29 is 4.74 Å². The minimum absolute atomic E-state index is 0. The Morgan fingerprint density at radius 2 is 1.66 bits per heavy atom. The molecule has 1 atom stereocenters. The molecule has 0 N–H and O–H groups in total. The molecule has 0 heterocycles. The summed E-state index contributed by atoms with van der Waals surface area (Å²) in [6.45, 7) is 1.76. The summed E-state index contributed by atoms with van der Waals surface area (Å²) in [5, 5.41) is 0. The number of nitrogens with zero attached hydrogens (tertiary/aromatic N) is 1. The zero-order valence-electron chi connectivity index (χ0n) is 17.3. The van der Waals surface area contributed by atoms with Gasteiger partial charge in [0, 0.05) is 6.54 Å². The molecule has 1 aliphatic carbocycles. The van der Waals surface area contributed by atoms with E-state index in [1.54, 1.807) is 0 Å². The van der Waals surface area contributed by atoms with Crippen LogP contribution < -0.4 is 4.74 Å². The van der Waals surface area contributed by atoms with Gasteiger partial charge in [-0.15, -0.1) is 12.4 Å². The van der Waals surface area contributed by atoms with Crippen molar-refractivity contribution in [1.82, 2.24) is 4.90 Å². The molecule has 0 fully saturated rings. The molecule has 0 spiro atoms. The minimum Gasteiger partial charge on any atom is -0.489 e. The van der Waals surface area contributed by atoms with E-state index in [1.807, 2.05) is 0 Å². The number of hydrogen-bond acceptors (Lipinski definition) is 2. The van der Waals surface area contributed by atoms with E-state index in [-0.39, 0.29) is 12.4 Å². The summed E-state index contributed by atoms with van der Waals surface area (Å²) in [6.07, 6.45) is 3.61. The van der Waals surface area contributed by atoms with E-state index in [2.05, 4.69) is 91.8 Å². The summed E-state index contributed by atoms with van der Waals surface area (Å²) in [6, 6.07) is 25.7. The molecule has 3 heteroatoms. The summed E-state index contributed by atoms with van der Waals surface area (Å²) >= 11 is 0. The van der Waals surface area contributed by atoms with Crippen LogP contribution in [0.3, 0.4) is 0 Å². The van der Waals surface area contributed by atoms with Crippen molar-refractivity contribution in [2.24, 2.45) is 5.92 Å². The number of fused-ring (bicyclic) bond motifs is 1. The number of hydrogen-bond donors (Lipinski definition) is 0. The van der Waals surface area contributed by atoms with Crippen molar-refractivity contribution in [1.29, 1.82) is 0 Å². The predicted octanol–water partition coefficient (Wildman–Crippen LogP) is 6.02. The quantitative estimate of drug-likeness (QED) is 0.495. The lowest BCUT2D eigenvalue weighted by Crippen LogP contribution is -2.26. The van der Waals surface area contributed by atoms with Crippen LogP contribution >= 0.6 is 12.4 Å². The first kappa shape index (κ1) is 21.4. The Morgan fingerprint density at radius 3 is 2.45 bits per heavy atom. The van der Waals surface area contributed by atoms with E-state index in [9.17, 15) is 0 Å². The van der Waals surface area contributed by atoms with Crippen LogP contribution in [0, 0.1) is 5.92 Å². The summed E-state index contributed by atoms with van der Waals surface area (Å²) in [5.41, 5.74) is 6.66.